The number of rotatable bonds is 5. The van der Waals surface area contributed by atoms with Crippen molar-refractivity contribution in [2.45, 2.75) is 32.7 Å². The lowest BCUT2D eigenvalue weighted by Gasteiger charge is -2.24. The van der Waals surface area contributed by atoms with Crippen molar-refractivity contribution in [2.24, 2.45) is 5.92 Å². The van der Waals surface area contributed by atoms with Crippen LogP contribution in [0.5, 0.6) is 0 Å². The van der Waals surface area contributed by atoms with Crippen LogP contribution in [0.25, 0.3) is 0 Å². The first-order valence-electron chi connectivity index (χ1n) is 6.00. The summed E-state index contributed by atoms with van der Waals surface area (Å²) >= 11 is 5.90. The molecule has 94 valence electrons. The lowest BCUT2D eigenvalue weighted by molar-refractivity contribution is 0.596. The second-order valence-corrected chi connectivity index (χ2v) is 4.79. The number of aromatic nitrogens is 3. The van der Waals surface area contributed by atoms with E-state index in [1.165, 1.54) is 12.8 Å². The minimum atomic E-state index is 0.237. The highest BCUT2D eigenvalue weighted by molar-refractivity contribution is 6.28. The number of nitrogens with zero attached hydrogens (tertiary/aromatic N) is 4. The van der Waals surface area contributed by atoms with Crippen LogP contribution < -0.4 is 10.2 Å². The summed E-state index contributed by atoms with van der Waals surface area (Å²) in [7, 11) is 2.00. The van der Waals surface area contributed by atoms with Crippen molar-refractivity contribution in [3.8, 4) is 0 Å². The predicted molar refractivity (Wildman–Crippen MR) is 69.6 cm³/mol. The van der Waals surface area contributed by atoms with Crippen molar-refractivity contribution in [1.82, 2.24) is 15.0 Å². The summed E-state index contributed by atoms with van der Waals surface area (Å²) in [5.41, 5.74) is 0. The molecule has 1 atom stereocenters. The van der Waals surface area contributed by atoms with E-state index >= 15 is 0 Å². The molecule has 0 aliphatic heterocycles. The molecule has 0 amide bonds. The van der Waals surface area contributed by atoms with Gasteiger partial charge in [0.15, 0.2) is 0 Å². The minimum absolute atomic E-state index is 0.237. The first-order chi connectivity index (χ1) is 8.11. The number of anilines is 2. The third kappa shape index (κ3) is 2.97. The van der Waals surface area contributed by atoms with Gasteiger partial charge in [0, 0.05) is 19.6 Å². The summed E-state index contributed by atoms with van der Waals surface area (Å²) in [6, 6.07) is 0.447. The monoisotopic (exact) mass is 255 g/mol. The van der Waals surface area contributed by atoms with Crippen LogP contribution >= 0.6 is 11.6 Å². The van der Waals surface area contributed by atoms with Gasteiger partial charge in [0.25, 0.3) is 0 Å². The second kappa shape index (κ2) is 5.04. The quantitative estimate of drug-likeness (QED) is 0.874. The zero-order valence-electron chi connectivity index (χ0n) is 10.4. The van der Waals surface area contributed by atoms with Gasteiger partial charge in [-0.05, 0) is 44.2 Å². The van der Waals surface area contributed by atoms with Crippen molar-refractivity contribution in [3.05, 3.63) is 5.28 Å². The first-order valence-corrected chi connectivity index (χ1v) is 6.38. The van der Waals surface area contributed by atoms with E-state index in [1.54, 1.807) is 0 Å². The number of hydrogen-bond acceptors (Lipinski definition) is 5. The van der Waals surface area contributed by atoms with Crippen molar-refractivity contribution >= 4 is 23.5 Å². The van der Waals surface area contributed by atoms with E-state index in [-0.39, 0.29) is 5.28 Å². The van der Waals surface area contributed by atoms with Gasteiger partial charge in [0.1, 0.15) is 0 Å². The third-order valence-corrected chi connectivity index (χ3v) is 3.33. The van der Waals surface area contributed by atoms with Crippen molar-refractivity contribution < 1.29 is 0 Å². The summed E-state index contributed by atoms with van der Waals surface area (Å²) in [4.78, 5) is 14.6. The van der Waals surface area contributed by atoms with Gasteiger partial charge in [-0.3, -0.25) is 0 Å². The van der Waals surface area contributed by atoms with Crippen LogP contribution in [0.1, 0.15) is 26.7 Å². The van der Waals surface area contributed by atoms with Gasteiger partial charge in [0.05, 0.1) is 0 Å². The van der Waals surface area contributed by atoms with Gasteiger partial charge in [-0.25, -0.2) is 0 Å². The average Bonchev–Trinajstić information content (AvgIpc) is 3.10. The van der Waals surface area contributed by atoms with E-state index in [0.717, 1.165) is 12.5 Å². The van der Waals surface area contributed by atoms with E-state index in [0.29, 0.717) is 17.9 Å². The highest BCUT2D eigenvalue weighted by Gasteiger charge is 2.31. The van der Waals surface area contributed by atoms with Gasteiger partial charge in [-0.2, -0.15) is 15.0 Å². The molecule has 1 fully saturated rings. The summed E-state index contributed by atoms with van der Waals surface area (Å²) in [5.74, 6) is 1.94. The molecule has 1 aliphatic rings. The second-order valence-electron chi connectivity index (χ2n) is 4.45. The van der Waals surface area contributed by atoms with Crippen LogP contribution in [0.3, 0.4) is 0 Å². The van der Waals surface area contributed by atoms with Crippen LogP contribution in [0, 0.1) is 5.92 Å². The fourth-order valence-corrected chi connectivity index (χ4v) is 1.97. The van der Waals surface area contributed by atoms with Gasteiger partial charge in [-0.1, -0.05) is 0 Å². The maximum absolute atomic E-state index is 5.90. The SMILES string of the molecule is CCNc1nc(Cl)nc(N(C)C(C)C2CC2)n1. The Hall–Kier alpha value is -1.10. The van der Waals surface area contributed by atoms with Gasteiger partial charge < -0.3 is 10.2 Å². The Balaban J connectivity index is 2.18. The van der Waals surface area contributed by atoms with Gasteiger partial charge in [-0.15, -0.1) is 0 Å². The summed E-state index contributed by atoms with van der Waals surface area (Å²) in [5, 5.41) is 3.29. The lowest BCUT2D eigenvalue weighted by atomic mass is 10.2. The largest absolute Gasteiger partial charge is 0.354 e. The molecular weight excluding hydrogens is 238 g/mol. The van der Waals surface area contributed by atoms with Crippen LogP contribution in [-0.2, 0) is 0 Å². The third-order valence-electron chi connectivity index (χ3n) is 3.16. The molecule has 2 rings (SSSR count). The molecule has 6 heteroatoms. The Morgan fingerprint density at radius 2 is 2.12 bits per heavy atom. The molecule has 1 aromatic heterocycles. The summed E-state index contributed by atoms with van der Waals surface area (Å²) < 4.78 is 0. The van der Waals surface area contributed by atoms with Gasteiger partial charge in [0.2, 0.25) is 17.2 Å². The maximum atomic E-state index is 5.90. The maximum Gasteiger partial charge on any atom is 0.231 e. The smallest absolute Gasteiger partial charge is 0.231 e. The fraction of sp³-hybridized carbons (Fsp3) is 0.727. The minimum Gasteiger partial charge on any atom is -0.354 e. The highest BCUT2D eigenvalue weighted by atomic mass is 35.5. The lowest BCUT2D eigenvalue weighted by Crippen LogP contribution is -2.32. The zero-order chi connectivity index (χ0) is 12.4. The van der Waals surface area contributed by atoms with Crippen LogP contribution in [-0.4, -0.2) is 34.6 Å². The number of nitrogens with one attached hydrogen (secondary N) is 1. The molecule has 1 aromatic rings. The standard InChI is InChI=1S/C11H18ClN5/c1-4-13-10-14-9(12)15-11(16-10)17(3)7(2)8-5-6-8/h7-8H,4-6H2,1-3H3,(H,13,14,15,16). The molecule has 0 spiro atoms. The number of halogens is 1. The van der Waals surface area contributed by atoms with E-state index in [4.69, 9.17) is 11.6 Å². The van der Waals surface area contributed by atoms with Crippen LogP contribution in [0.2, 0.25) is 5.28 Å². The van der Waals surface area contributed by atoms with Crippen molar-refractivity contribution in [1.29, 1.82) is 0 Å². The molecule has 1 unspecified atom stereocenters. The van der Waals surface area contributed by atoms with E-state index in [2.05, 4.69) is 32.1 Å². The molecule has 17 heavy (non-hydrogen) atoms. The molecule has 5 nitrogen and oxygen atoms in total. The van der Waals surface area contributed by atoms with E-state index < -0.39 is 0 Å². The Labute approximate surface area is 107 Å². The Morgan fingerprint density at radius 1 is 1.41 bits per heavy atom. The molecule has 1 saturated carbocycles. The summed E-state index contributed by atoms with van der Waals surface area (Å²) in [6.07, 6.45) is 2.59. The fourth-order valence-electron chi connectivity index (χ4n) is 1.81. The molecule has 0 bridgehead atoms. The van der Waals surface area contributed by atoms with Crippen LogP contribution in [0.4, 0.5) is 11.9 Å². The Morgan fingerprint density at radius 3 is 2.71 bits per heavy atom. The molecule has 1 aliphatic carbocycles. The normalized spacial score (nSPS) is 16.7. The zero-order valence-corrected chi connectivity index (χ0v) is 11.2. The summed E-state index contributed by atoms with van der Waals surface area (Å²) in [6.45, 7) is 4.96. The van der Waals surface area contributed by atoms with Gasteiger partial charge >= 0.3 is 0 Å². The van der Waals surface area contributed by atoms with Crippen molar-refractivity contribution in [3.63, 3.8) is 0 Å². The van der Waals surface area contributed by atoms with E-state index in [1.807, 2.05) is 14.0 Å². The molecule has 0 radical (unpaired) electrons. The average molecular weight is 256 g/mol. The topological polar surface area (TPSA) is 53.9 Å². The highest BCUT2D eigenvalue weighted by Crippen LogP contribution is 2.35. The molecular formula is C11H18ClN5. The molecule has 1 N–H and O–H groups in total. The van der Waals surface area contributed by atoms with E-state index in [9.17, 15) is 0 Å². The molecule has 0 saturated heterocycles. The first kappa shape index (κ1) is 12.4. The predicted octanol–water partition coefficient (Wildman–Crippen LogP) is 2.19. The Bertz CT molecular complexity index is 393. The number of hydrogen-bond donors (Lipinski definition) is 1. The molecule has 1 heterocycles. The molecule has 0 aromatic carbocycles. The Kier molecular flexibility index (Phi) is 3.66. The van der Waals surface area contributed by atoms with Crippen LogP contribution in [0.15, 0.2) is 0 Å². The van der Waals surface area contributed by atoms with Crippen molar-refractivity contribution in [2.75, 3.05) is 23.8 Å².